The van der Waals surface area contributed by atoms with E-state index in [0.29, 0.717) is 24.1 Å². The van der Waals surface area contributed by atoms with Gasteiger partial charge in [-0.2, -0.15) is 0 Å². The number of morpholine rings is 1. The number of ether oxygens (including phenoxy) is 1. The smallest absolute Gasteiger partial charge is 0.255 e. The van der Waals surface area contributed by atoms with E-state index in [2.05, 4.69) is 22.2 Å². The quantitative estimate of drug-likeness (QED) is 0.731. The molecule has 2 N–H and O–H groups in total. The number of hydrogen-bond donors (Lipinski definition) is 2. The fourth-order valence-corrected chi connectivity index (χ4v) is 3.51. The van der Waals surface area contributed by atoms with Crippen LogP contribution in [-0.2, 0) is 4.74 Å². The number of amides is 1. The molecule has 1 atom stereocenters. The van der Waals surface area contributed by atoms with E-state index in [1.165, 1.54) is 0 Å². The Hall–Kier alpha value is -2.96. The number of hydrogen-bond acceptors (Lipinski definition) is 4. The van der Waals surface area contributed by atoms with Gasteiger partial charge in [-0.25, -0.2) is 0 Å². The molecule has 1 saturated heterocycles. The molecule has 0 saturated carbocycles. The number of H-pyrrole nitrogens is 1. The van der Waals surface area contributed by atoms with Crippen LogP contribution < -0.4 is 10.9 Å². The molecule has 6 heteroatoms. The number of carbonyl (C=O) groups excluding carboxylic acids is 1. The maximum absolute atomic E-state index is 12.6. The topological polar surface area (TPSA) is 74.4 Å². The zero-order chi connectivity index (χ0) is 19.5. The van der Waals surface area contributed by atoms with Crippen molar-refractivity contribution in [3.05, 3.63) is 70.6 Å². The minimum atomic E-state index is -0.115. The van der Waals surface area contributed by atoms with Gasteiger partial charge >= 0.3 is 0 Å². The maximum atomic E-state index is 12.6. The van der Waals surface area contributed by atoms with E-state index in [1.54, 1.807) is 12.3 Å². The fraction of sp³-hybridized carbons (Fsp3) is 0.273. The Morgan fingerprint density at radius 1 is 1.21 bits per heavy atom. The van der Waals surface area contributed by atoms with Gasteiger partial charge in [0.05, 0.1) is 12.7 Å². The lowest BCUT2D eigenvalue weighted by Crippen LogP contribution is -2.45. The Labute approximate surface area is 163 Å². The lowest BCUT2D eigenvalue weighted by molar-refractivity contribution is -0.0175. The molecule has 1 unspecified atom stereocenters. The number of nitrogens with zero attached hydrogens (tertiary/aromatic N) is 1. The van der Waals surface area contributed by atoms with Crippen LogP contribution in [0.15, 0.2) is 59.5 Å². The van der Waals surface area contributed by atoms with E-state index >= 15 is 0 Å². The van der Waals surface area contributed by atoms with Crippen molar-refractivity contribution in [3.8, 4) is 11.1 Å². The third-order valence-corrected chi connectivity index (χ3v) is 5.06. The molecule has 1 fully saturated rings. The summed E-state index contributed by atoms with van der Waals surface area (Å²) in [6.45, 7) is 2.92. The Morgan fingerprint density at radius 2 is 2.07 bits per heavy atom. The summed E-state index contributed by atoms with van der Waals surface area (Å²) in [5.41, 5.74) is 2.40. The number of carbonyl (C=O) groups is 1. The van der Waals surface area contributed by atoms with Crippen LogP contribution in [0.2, 0.25) is 0 Å². The Balaban J connectivity index is 1.51. The molecule has 28 heavy (non-hydrogen) atoms. The first-order valence-corrected chi connectivity index (χ1v) is 9.40. The van der Waals surface area contributed by atoms with E-state index in [1.807, 2.05) is 42.5 Å². The van der Waals surface area contributed by atoms with Gasteiger partial charge in [-0.1, -0.05) is 18.2 Å². The van der Waals surface area contributed by atoms with Gasteiger partial charge < -0.3 is 19.9 Å². The third kappa shape index (κ3) is 3.98. The zero-order valence-corrected chi connectivity index (χ0v) is 15.8. The highest BCUT2D eigenvalue weighted by Crippen LogP contribution is 2.24. The molecule has 2 heterocycles. The minimum absolute atomic E-state index is 0.0180. The van der Waals surface area contributed by atoms with Crippen LogP contribution in [0.3, 0.4) is 0 Å². The standard InChI is InChI=1S/C22H23N3O3/c1-25-9-10-28-19(14-25)13-24-21(26)18-4-2-3-15(12-18)16-5-6-20-17(11-16)7-8-23-22(20)27/h2-8,11-12,19H,9-10,13-14H2,1H3,(H,23,27)(H,24,26). The molecular formula is C22H23N3O3. The van der Waals surface area contributed by atoms with Crippen molar-refractivity contribution >= 4 is 16.7 Å². The molecular weight excluding hydrogens is 354 g/mol. The average Bonchev–Trinajstić information content (AvgIpc) is 2.72. The number of rotatable bonds is 4. The molecule has 2 aromatic carbocycles. The normalized spacial score (nSPS) is 17.5. The summed E-state index contributed by atoms with van der Waals surface area (Å²) in [5, 5.41) is 4.49. The number of likely N-dealkylation sites (N-methyl/N-ethyl adjacent to an activating group) is 1. The number of pyridine rings is 1. The van der Waals surface area contributed by atoms with E-state index in [9.17, 15) is 9.59 Å². The molecule has 1 aromatic heterocycles. The van der Waals surface area contributed by atoms with E-state index in [-0.39, 0.29) is 17.6 Å². The van der Waals surface area contributed by atoms with Crippen molar-refractivity contribution in [1.82, 2.24) is 15.2 Å². The van der Waals surface area contributed by atoms with Gasteiger partial charge in [0.2, 0.25) is 0 Å². The SMILES string of the molecule is CN1CCOC(CNC(=O)c2cccc(-c3ccc4c(=O)[nH]ccc4c3)c2)C1. The molecule has 1 amide bonds. The van der Waals surface area contributed by atoms with Crippen LogP contribution in [0, 0.1) is 0 Å². The van der Waals surface area contributed by atoms with Gasteiger partial charge in [0.15, 0.2) is 0 Å². The van der Waals surface area contributed by atoms with Crippen molar-refractivity contribution in [1.29, 1.82) is 0 Å². The van der Waals surface area contributed by atoms with Crippen molar-refractivity contribution in [3.63, 3.8) is 0 Å². The Bertz CT molecular complexity index is 1060. The molecule has 1 aliphatic heterocycles. The predicted octanol–water partition coefficient (Wildman–Crippen LogP) is 2.26. The second kappa shape index (κ2) is 7.96. The summed E-state index contributed by atoms with van der Waals surface area (Å²) in [5.74, 6) is -0.115. The average molecular weight is 377 g/mol. The molecule has 4 rings (SSSR count). The number of nitrogens with one attached hydrogen (secondary N) is 2. The van der Waals surface area contributed by atoms with E-state index in [0.717, 1.165) is 29.6 Å². The van der Waals surface area contributed by atoms with E-state index in [4.69, 9.17) is 4.74 Å². The van der Waals surface area contributed by atoms with Gasteiger partial charge in [-0.15, -0.1) is 0 Å². The number of fused-ring (bicyclic) bond motifs is 1. The summed E-state index contributed by atoms with van der Waals surface area (Å²) in [6.07, 6.45) is 1.66. The number of aromatic amines is 1. The van der Waals surface area contributed by atoms with Crippen molar-refractivity contribution < 1.29 is 9.53 Å². The van der Waals surface area contributed by atoms with Crippen molar-refractivity contribution in [2.75, 3.05) is 33.3 Å². The largest absolute Gasteiger partial charge is 0.374 e. The van der Waals surface area contributed by atoms with Crippen LogP contribution in [0.4, 0.5) is 0 Å². The van der Waals surface area contributed by atoms with Crippen molar-refractivity contribution in [2.45, 2.75) is 6.10 Å². The lowest BCUT2D eigenvalue weighted by atomic mass is 10.00. The molecule has 1 aliphatic rings. The van der Waals surface area contributed by atoms with Gasteiger partial charge in [-0.3, -0.25) is 9.59 Å². The van der Waals surface area contributed by atoms with Gasteiger partial charge in [0.25, 0.3) is 11.5 Å². The number of benzene rings is 2. The molecule has 144 valence electrons. The minimum Gasteiger partial charge on any atom is -0.374 e. The highest BCUT2D eigenvalue weighted by Gasteiger charge is 2.18. The Morgan fingerprint density at radius 3 is 2.93 bits per heavy atom. The van der Waals surface area contributed by atoms with Gasteiger partial charge in [-0.05, 0) is 53.9 Å². The first-order chi connectivity index (χ1) is 13.6. The van der Waals surface area contributed by atoms with E-state index < -0.39 is 0 Å². The second-order valence-corrected chi connectivity index (χ2v) is 7.15. The summed E-state index contributed by atoms with van der Waals surface area (Å²) in [7, 11) is 2.05. The summed E-state index contributed by atoms with van der Waals surface area (Å²) in [4.78, 5) is 29.3. The zero-order valence-electron chi connectivity index (χ0n) is 15.8. The maximum Gasteiger partial charge on any atom is 0.255 e. The second-order valence-electron chi connectivity index (χ2n) is 7.15. The molecule has 6 nitrogen and oxygen atoms in total. The first-order valence-electron chi connectivity index (χ1n) is 9.40. The fourth-order valence-electron chi connectivity index (χ4n) is 3.51. The first kappa shape index (κ1) is 18.4. The Kier molecular flexibility index (Phi) is 5.23. The molecule has 0 radical (unpaired) electrons. The number of aromatic nitrogens is 1. The predicted molar refractivity (Wildman–Crippen MR) is 110 cm³/mol. The molecule has 3 aromatic rings. The molecule has 0 spiro atoms. The third-order valence-electron chi connectivity index (χ3n) is 5.06. The van der Waals surface area contributed by atoms with Crippen LogP contribution in [-0.4, -0.2) is 55.2 Å². The highest BCUT2D eigenvalue weighted by molar-refractivity contribution is 5.96. The lowest BCUT2D eigenvalue weighted by Gasteiger charge is -2.30. The van der Waals surface area contributed by atoms with Crippen LogP contribution in [0.1, 0.15) is 10.4 Å². The van der Waals surface area contributed by atoms with Crippen LogP contribution in [0.5, 0.6) is 0 Å². The van der Waals surface area contributed by atoms with Gasteiger partial charge in [0.1, 0.15) is 0 Å². The van der Waals surface area contributed by atoms with Gasteiger partial charge in [0, 0.05) is 36.8 Å². The molecule has 0 aliphatic carbocycles. The summed E-state index contributed by atoms with van der Waals surface area (Å²) >= 11 is 0. The summed E-state index contributed by atoms with van der Waals surface area (Å²) in [6, 6.07) is 15.1. The van der Waals surface area contributed by atoms with Crippen LogP contribution >= 0.6 is 0 Å². The monoisotopic (exact) mass is 377 g/mol. The highest BCUT2D eigenvalue weighted by atomic mass is 16.5. The molecule has 0 bridgehead atoms. The summed E-state index contributed by atoms with van der Waals surface area (Å²) < 4.78 is 5.69. The van der Waals surface area contributed by atoms with Crippen LogP contribution in [0.25, 0.3) is 21.9 Å². The van der Waals surface area contributed by atoms with Crippen molar-refractivity contribution in [2.24, 2.45) is 0 Å².